The summed E-state index contributed by atoms with van der Waals surface area (Å²) >= 11 is 5.68. The van der Waals surface area contributed by atoms with Crippen LogP contribution in [0.5, 0.6) is 0 Å². The van der Waals surface area contributed by atoms with Gasteiger partial charge in [0.1, 0.15) is 11.3 Å². The van der Waals surface area contributed by atoms with E-state index in [4.69, 9.17) is 16.7 Å². The molecule has 0 aromatic heterocycles. The second-order valence-corrected chi connectivity index (χ2v) is 7.43. The van der Waals surface area contributed by atoms with Gasteiger partial charge < -0.3 is 10.4 Å². The third kappa shape index (κ3) is 3.36. The Kier molecular flexibility index (Phi) is 4.25. The molecule has 0 bridgehead atoms. The van der Waals surface area contributed by atoms with E-state index in [-0.39, 0.29) is 4.90 Å². The van der Waals surface area contributed by atoms with Gasteiger partial charge in [-0.3, -0.25) is 4.79 Å². The normalized spacial score (nSPS) is 16.8. The van der Waals surface area contributed by atoms with Crippen molar-refractivity contribution in [1.82, 2.24) is 5.32 Å². The monoisotopic (exact) mass is 331 g/mol. The molecule has 0 spiro atoms. The Bertz CT molecular complexity index is 664. The van der Waals surface area contributed by atoms with Gasteiger partial charge in [0.05, 0.1) is 4.90 Å². The SMILES string of the molecule is O=C(CS(=O)(=O)c1ccc(Cl)cc1)NC1(C(=O)O)CCC1. The molecule has 0 heterocycles. The molecule has 1 aliphatic carbocycles. The fraction of sp³-hybridized carbons (Fsp3) is 0.385. The third-order valence-corrected chi connectivity index (χ3v) is 5.37. The molecule has 1 aliphatic rings. The molecule has 21 heavy (non-hydrogen) atoms. The van der Waals surface area contributed by atoms with E-state index >= 15 is 0 Å². The molecule has 1 aromatic carbocycles. The molecule has 0 radical (unpaired) electrons. The minimum Gasteiger partial charge on any atom is -0.480 e. The summed E-state index contributed by atoms with van der Waals surface area (Å²) in [5.74, 6) is -2.73. The molecule has 1 amide bonds. The first-order valence-corrected chi connectivity index (χ1v) is 8.31. The summed E-state index contributed by atoms with van der Waals surface area (Å²) in [5, 5.41) is 11.8. The highest BCUT2D eigenvalue weighted by Gasteiger charge is 2.46. The number of rotatable bonds is 5. The number of sulfone groups is 1. The fourth-order valence-corrected chi connectivity index (χ4v) is 3.38. The lowest BCUT2D eigenvalue weighted by Gasteiger charge is -2.38. The Hall–Kier alpha value is -1.60. The molecule has 0 atom stereocenters. The Labute approximate surface area is 127 Å². The predicted molar refractivity (Wildman–Crippen MR) is 75.9 cm³/mol. The summed E-state index contributed by atoms with van der Waals surface area (Å²) in [6.07, 6.45) is 1.32. The molecule has 114 valence electrons. The zero-order valence-electron chi connectivity index (χ0n) is 11.0. The molecule has 1 aromatic rings. The number of carboxylic acids is 1. The van der Waals surface area contributed by atoms with E-state index < -0.39 is 33.0 Å². The average molecular weight is 332 g/mol. The van der Waals surface area contributed by atoms with Gasteiger partial charge in [0.2, 0.25) is 5.91 Å². The average Bonchev–Trinajstić information content (AvgIpc) is 2.33. The van der Waals surface area contributed by atoms with E-state index in [1.165, 1.54) is 24.3 Å². The Morgan fingerprint density at radius 1 is 1.24 bits per heavy atom. The number of nitrogens with one attached hydrogen (secondary N) is 1. The highest BCUT2D eigenvalue weighted by molar-refractivity contribution is 7.92. The van der Waals surface area contributed by atoms with Gasteiger partial charge >= 0.3 is 5.97 Å². The first kappa shape index (κ1) is 15.8. The summed E-state index contributed by atoms with van der Waals surface area (Å²) in [4.78, 5) is 22.9. The van der Waals surface area contributed by atoms with Crippen LogP contribution in [0.15, 0.2) is 29.2 Å². The van der Waals surface area contributed by atoms with Crippen LogP contribution in [0.3, 0.4) is 0 Å². The van der Waals surface area contributed by atoms with Crippen molar-refractivity contribution in [3.05, 3.63) is 29.3 Å². The number of carbonyl (C=O) groups is 2. The summed E-state index contributed by atoms with van der Waals surface area (Å²) in [6, 6.07) is 5.44. The van der Waals surface area contributed by atoms with Crippen LogP contribution >= 0.6 is 11.6 Å². The van der Waals surface area contributed by atoms with E-state index in [0.717, 1.165) is 0 Å². The molecule has 0 saturated heterocycles. The zero-order valence-corrected chi connectivity index (χ0v) is 12.6. The van der Waals surface area contributed by atoms with Crippen molar-refractivity contribution < 1.29 is 23.1 Å². The van der Waals surface area contributed by atoms with Crippen molar-refractivity contribution in [2.45, 2.75) is 29.7 Å². The van der Waals surface area contributed by atoms with Gasteiger partial charge in [0.25, 0.3) is 0 Å². The van der Waals surface area contributed by atoms with Crippen LogP contribution in [0.4, 0.5) is 0 Å². The largest absolute Gasteiger partial charge is 0.480 e. The Balaban J connectivity index is 2.08. The quantitative estimate of drug-likeness (QED) is 0.845. The minimum atomic E-state index is -3.82. The van der Waals surface area contributed by atoms with E-state index in [2.05, 4.69) is 5.32 Å². The number of benzene rings is 1. The zero-order chi connectivity index (χ0) is 15.7. The first-order valence-electron chi connectivity index (χ1n) is 6.28. The second kappa shape index (κ2) is 5.65. The lowest BCUT2D eigenvalue weighted by molar-refractivity contribution is -0.151. The smallest absolute Gasteiger partial charge is 0.329 e. The Morgan fingerprint density at radius 3 is 2.24 bits per heavy atom. The molecule has 0 aliphatic heterocycles. The molecular formula is C13H14ClNO5S. The summed E-state index contributed by atoms with van der Waals surface area (Å²) in [6.45, 7) is 0. The van der Waals surface area contributed by atoms with Gasteiger partial charge in [-0.05, 0) is 43.5 Å². The van der Waals surface area contributed by atoms with Gasteiger partial charge in [0, 0.05) is 5.02 Å². The van der Waals surface area contributed by atoms with Crippen molar-refractivity contribution in [3.8, 4) is 0 Å². The lowest BCUT2D eigenvalue weighted by Crippen LogP contribution is -2.60. The van der Waals surface area contributed by atoms with Crippen LogP contribution in [0.2, 0.25) is 5.02 Å². The number of hydrogen-bond donors (Lipinski definition) is 2. The molecule has 0 unspecified atom stereocenters. The maximum absolute atomic E-state index is 12.1. The standard InChI is InChI=1S/C13H14ClNO5S/c14-9-2-4-10(5-3-9)21(19,20)8-11(16)15-13(12(17)18)6-1-7-13/h2-5H,1,6-8H2,(H,15,16)(H,17,18). The second-order valence-electron chi connectivity index (χ2n) is 5.00. The van der Waals surface area contributed by atoms with E-state index in [1.807, 2.05) is 0 Å². The van der Waals surface area contributed by atoms with Crippen LogP contribution < -0.4 is 5.32 Å². The lowest BCUT2D eigenvalue weighted by atomic mass is 9.77. The summed E-state index contributed by atoms with van der Waals surface area (Å²) in [5.41, 5.74) is -1.31. The molecule has 8 heteroatoms. The molecule has 2 N–H and O–H groups in total. The number of amides is 1. The molecule has 1 saturated carbocycles. The van der Waals surface area contributed by atoms with Crippen molar-refractivity contribution in [2.24, 2.45) is 0 Å². The number of aliphatic carboxylic acids is 1. The van der Waals surface area contributed by atoms with Gasteiger partial charge in [-0.15, -0.1) is 0 Å². The molecule has 1 fully saturated rings. The van der Waals surface area contributed by atoms with Crippen LogP contribution in [0, 0.1) is 0 Å². The van der Waals surface area contributed by atoms with Crippen LogP contribution in [0.25, 0.3) is 0 Å². The van der Waals surface area contributed by atoms with Crippen molar-refractivity contribution in [1.29, 1.82) is 0 Å². The summed E-state index contributed by atoms with van der Waals surface area (Å²) < 4.78 is 24.1. The van der Waals surface area contributed by atoms with E-state index in [9.17, 15) is 18.0 Å². The number of halogens is 1. The molecule has 6 nitrogen and oxygen atoms in total. The van der Waals surface area contributed by atoms with E-state index in [0.29, 0.717) is 24.3 Å². The highest BCUT2D eigenvalue weighted by atomic mass is 35.5. The van der Waals surface area contributed by atoms with E-state index in [1.54, 1.807) is 0 Å². The maximum Gasteiger partial charge on any atom is 0.329 e. The highest BCUT2D eigenvalue weighted by Crippen LogP contribution is 2.32. The fourth-order valence-electron chi connectivity index (χ4n) is 2.12. The molecule has 2 rings (SSSR count). The topological polar surface area (TPSA) is 101 Å². The number of hydrogen-bond acceptors (Lipinski definition) is 4. The minimum absolute atomic E-state index is 0.0277. The van der Waals surface area contributed by atoms with Crippen LogP contribution in [-0.4, -0.2) is 36.7 Å². The predicted octanol–water partition coefficient (Wildman–Crippen LogP) is 1.24. The Morgan fingerprint density at radius 2 is 1.81 bits per heavy atom. The maximum atomic E-state index is 12.1. The van der Waals surface area contributed by atoms with Crippen LogP contribution in [-0.2, 0) is 19.4 Å². The molecular weight excluding hydrogens is 318 g/mol. The van der Waals surface area contributed by atoms with Crippen molar-refractivity contribution in [3.63, 3.8) is 0 Å². The van der Waals surface area contributed by atoms with Gasteiger partial charge in [0.15, 0.2) is 9.84 Å². The summed E-state index contributed by atoms with van der Waals surface area (Å²) in [7, 11) is -3.82. The number of carbonyl (C=O) groups excluding carboxylic acids is 1. The van der Waals surface area contributed by atoms with Crippen LogP contribution in [0.1, 0.15) is 19.3 Å². The van der Waals surface area contributed by atoms with Crippen molar-refractivity contribution in [2.75, 3.05) is 5.75 Å². The third-order valence-electron chi connectivity index (χ3n) is 3.49. The first-order chi connectivity index (χ1) is 9.75. The van der Waals surface area contributed by atoms with Gasteiger partial charge in [-0.1, -0.05) is 11.6 Å². The number of carboxylic acid groups (broad SMARTS) is 1. The van der Waals surface area contributed by atoms with Gasteiger partial charge in [-0.25, -0.2) is 13.2 Å². The van der Waals surface area contributed by atoms with Crippen molar-refractivity contribution >= 4 is 33.3 Å². The van der Waals surface area contributed by atoms with Gasteiger partial charge in [-0.2, -0.15) is 0 Å².